The van der Waals surface area contributed by atoms with Crippen LogP contribution in [-0.4, -0.2) is 9.97 Å². The largest absolute Gasteiger partial charge is 0.311 e. The molecular formula is C42H27N5. The van der Waals surface area contributed by atoms with Gasteiger partial charge in [0.05, 0.1) is 33.2 Å². The molecule has 0 bridgehead atoms. The lowest BCUT2D eigenvalue weighted by Crippen LogP contribution is -2.09. The van der Waals surface area contributed by atoms with Crippen LogP contribution < -0.4 is 4.90 Å². The molecule has 0 spiro atoms. The Kier molecular flexibility index (Phi) is 6.60. The number of hydrogen-bond acceptors (Lipinski definition) is 5. The number of benzene rings is 7. The van der Waals surface area contributed by atoms with Gasteiger partial charge in [0.15, 0.2) is 0 Å². The smallest absolute Gasteiger partial charge is 0.101 e. The number of aryl methyl sites for hydroxylation is 2. The van der Waals surface area contributed by atoms with Gasteiger partial charge in [-0.25, -0.2) is 9.97 Å². The number of anilines is 3. The highest BCUT2D eigenvalue weighted by molar-refractivity contribution is 6.24. The normalized spacial score (nSPS) is 11.1. The van der Waals surface area contributed by atoms with Crippen molar-refractivity contribution in [2.45, 2.75) is 13.8 Å². The van der Waals surface area contributed by atoms with Crippen molar-refractivity contribution in [2.24, 2.45) is 0 Å². The monoisotopic (exact) mass is 601 g/mol. The van der Waals surface area contributed by atoms with Crippen molar-refractivity contribution in [1.29, 1.82) is 10.5 Å². The number of hydrogen-bond donors (Lipinski definition) is 0. The van der Waals surface area contributed by atoms with Gasteiger partial charge in [0.1, 0.15) is 12.1 Å². The van der Waals surface area contributed by atoms with Gasteiger partial charge in [-0.15, -0.1) is 0 Å². The van der Waals surface area contributed by atoms with E-state index in [1.807, 2.05) is 12.1 Å². The number of rotatable bonds is 4. The van der Waals surface area contributed by atoms with Crippen LogP contribution in [0.4, 0.5) is 17.1 Å². The summed E-state index contributed by atoms with van der Waals surface area (Å²) in [5.74, 6) is 0. The van der Waals surface area contributed by atoms with E-state index in [-0.39, 0.29) is 0 Å². The summed E-state index contributed by atoms with van der Waals surface area (Å²) in [7, 11) is 0. The van der Waals surface area contributed by atoms with Gasteiger partial charge in [0.2, 0.25) is 0 Å². The maximum absolute atomic E-state index is 9.61. The van der Waals surface area contributed by atoms with Gasteiger partial charge in [0, 0.05) is 27.8 Å². The second-order valence-electron chi connectivity index (χ2n) is 11.9. The molecule has 0 unspecified atom stereocenters. The molecule has 5 nitrogen and oxygen atoms in total. The fourth-order valence-corrected chi connectivity index (χ4v) is 6.38. The minimum Gasteiger partial charge on any atom is -0.311 e. The SMILES string of the molecule is Cc1ccc(N(c2ccc(C)cc2)c2ccc(-c3ccc4c(c3)c3ccccc3c3nc5cc(C#N)c(C#N)cc5nc43)cc2)cc1. The highest BCUT2D eigenvalue weighted by Crippen LogP contribution is 2.39. The number of nitriles is 2. The van der Waals surface area contributed by atoms with Crippen LogP contribution in [0.2, 0.25) is 0 Å². The summed E-state index contributed by atoms with van der Waals surface area (Å²) in [5.41, 5.74) is 11.3. The van der Waals surface area contributed by atoms with Crippen LogP contribution in [0.3, 0.4) is 0 Å². The quantitative estimate of drug-likeness (QED) is 0.148. The van der Waals surface area contributed by atoms with Crippen LogP contribution in [0.25, 0.3) is 54.7 Å². The third-order valence-corrected chi connectivity index (χ3v) is 8.83. The predicted octanol–water partition coefficient (Wildman–Crippen LogP) is 10.6. The van der Waals surface area contributed by atoms with Gasteiger partial charge < -0.3 is 4.90 Å². The molecule has 8 rings (SSSR count). The van der Waals surface area contributed by atoms with Crippen LogP contribution in [-0.2, 0) is 0 Å². The lowest BCUT2D eigenvalue weighted by molar-refractivity contribution is 1.27. The van der Waals surface area contributed by atoms with E-state index in [1.165, 1.54) is 11.1 Å². The first-order chi connectivity index (χ1) is 23.0. The van der Waals surface area contributed by atoms with E-state index in [1.54, 1.807) is 12.1 Å². The average molecular weight is 602 g/mol. The predicted molar refractivity (Wildman–Crippen MR) is 191 cm³/mol. The van der Waals surface area contributed by atoms with Gasteiger partial charge in [-0.2, -0.15) is 10.5 Å². The van der Waals surface area contributed by atoms with E-state index < -0.39 is 0 Å². The molecule has 0 fully saturated rings. The molecule has 8 aromatic rings. The summed E-state index contributed by atoms with van der Waals surface area (Å²) in [6.07, 6.45) is 0. The molecule has 0 amide bonds. The highest BCUT2D eigenvalue weighted by atomic mass is 15.1. The Morgan fingerprint density at radius 3 is 1.43 bits per heavy atom. The van der Waals surface area contributed by atoms with E-state index in [2.05, 4.69) is 134 Å². The van der Waals surface area contributed by atoms with Crippen molar-refractivity contribution in [3.05, 3.63) is 150 Å². The molecule has 47 heavy (non-hydrogen) atoms. The van der Waals surface area contributed by atoms with Crippen molar-refractivity contribution >= 4 is 60.7 Å². The molecule has 7 aromatic carbocycles. The number of nitrogens with zero attached hydrogens (tertiary/aromatic N) is 5. The van der Waals surface area contributed by atoms with Gasteiger partial charge >= 0.3 is 0 Å². The Hall–Kier alpha value is -6.56. The molecule has 0 N–H and O–H groups in total. The summed E-state index contributed by atoms with van der Waals surface area (Å²) in [6, 6.07) is 48.2. The third-order valence-electron chi connectivity index (χ3n) is 8.83. The van der Waals surface area contributed by atoms with E-state index in [4.69, 9.17) is 9.97 Å². The summed E-state index contributed by atoms with van der Waals surface area (Å²) in [6.45, 7) is 4.21. The molecule has 0 aliphatic carbocycles. The first-order valence-electron chi connectivity index (χ1n) is 15.4. The fourth-order valence-electron chi connectivity index (χ4n) is 6.38. The Morgan fingerprint density at radius 1 is 0.468 bits per heavy atom. The molecule has 0 saturated carbocycles. The van der Waals surface area contributed by atoms with Crippen molar-refractivity contribution in [2.75, 3.05) is 4.90 Å². The van der Waals surface area contributed by atoms with Crippen LogP contribution in [0.5, 0.6) is 0 Å². The molecule has 0 saturated heterocycles. The number of fused-ring (bicyclic) bond motifs is 7. The first kappa shape index (κ1) is 28.0. The summed E-state index contributed by atoms with van der Waals surface area (Å²) < 4.78 is 0. The number of aromatic nitrogens is 2. The minimum absolute atomic E-state index is 0.299. The Labute approximate surface area is 272 Å². The molecule has 220 valence electrons. The van der Waals surface area contributed by atoms with Gasteiger partial charge in [-0.05, 0) is 90.3 Å². The Balaban J connectivity index is 1.27. The maximum atomic E-state index is 9.61. The molecule has 0 atom stereocenters. The molecule has 5 heteroatoms. The van der Waals surface area contributed by atoms with Crippen molar-refractivity contribution in [3.63, 3.8) is 0 Å². The molecule has 0 aliphatic heterocycles. The van der Waals surface area contributed by atoms with E-state index >= 15 is 0 Å². The van der Waals surface area contributed by atoms with Crippen molar-refractivity contribution in [3.8, 4) is 23.3 Å². The Morgan fingerprint density at radius 2 is 0.915 bits per heavy atom. The van der Waals surface area contributed by atoms with Crippen LogP contribution in [0, 0.1) is 36.5 Å². The summed E-state index contributed by atoms with van der Waals surface area (Å²) >= 11 is 0. The average Bonchev–Trinajstić information content (AvgIpc) is 3.12. The standard InChI is InChI=1S/C42H27N5/c1-26-7-14-32(15-8-26)47(33-16-9-27(2)10-17-33)34-18-11-28(12-19-34)29-13-20-37-38(21-29)35-5-3-4-6-36(35)41-42(37)46-40-23-31(25-44)30(24-43)22-39(40)45-41/h3-23H,1-2H3. The van der Waals surface area contributed by atoms with E-state index in [0.29, 0.717) is 22.2 Å². The molecule has 1 aromatic heterocycles. The summed E-state index contributed by atoms with van der Waals surface area (Å²) in [4.78, 5) is 12.3. The van der Waals surface area contributed by atoms with Crippen LogP contribution in [0.1, 0.15) is 22.3 Å². The van der Waals surface area contributed by atoms with Crippen LogP contribution >= 0.6 is 0 Å². The molecule has 1 heterocycles. The summed E-state index contributed by atoms with van der Waals surface area (Å²) in [5, 5.41) is 23.3. The van der Waals surface area contributed by atoms with E-state index in [0.717, 1.165) is 60.8 Å². The van der Waals surface area contributed by atoms with Crippen molar-refractivity contribution in [1.82, 2.24) is 9.97 Å². The zero-order valence-electron chi connectivity index (χ0n) is 25.9. The third kappa shape index (κ3) is 4.79. The van der Waals surface area contributed by atoms with Crippen LogP contribution in [0.15, 0.2) is 127 Å². The second kappa shape index (κ2) is 11.1. The lowest BCUT2D eigenvalue weighted by atomic mass is 9.95. The minimum atomic E-state index is 0.299. The lowest BCUT2D eigenvalue weighted by Gasteiger charge is -2.26. The van der Waals surface area contributed by atoms with Gasteiger partial charge in [0.25, 0.3) is 0 Å². The second-order valence-corrected chi connectivity index (χ2v) is 11.9. The van der Waals surface area contributed by atoms with Gasteiger partial charge in [-0.1, -0.05) is 83.9 Å². The molecular weight excluding hydrogens is 574 g/mol. The van der Waals surface area contributed by atoms with Crippen molar-refractivity contribution < 1.29 is 0 Å². The zero-order chi connectivity index (χ0) is 32.1. The molecule has 0 radical (unpaired) electrons. The highest BCUT2D eigenvalue weighted by Gasteiger charge is 2.16. The van der Waals surface area contributed by atoms with E-state index in [9.17, 15) is 10.5 Å². The first-order valence-corrected chi connectivity index (χ1v) is 15.4. The van der Waals surface area contributed by atoms with Gasteiger partial charge in [-0.3, -0.25) is 0 Å². The Bertz CT molecular complexity index is 2540. The topological polar surface area (TPSA) is 76.6 Å². The molecule has 0 aliphatic rings. The fraction of sp³-hybridized carbons (Fsp3) is 0.0476. The zero-order valence-corrected chi connectivity index (χ0v) is 25.9. The maximum Gasteiger partial charge on any atom is 0.101 e.